The van der Waals surface area contributed by atoms with E-state index >= 15 is 0 Å². The third-order valence-corrected chi connectivity index (χ3v) is 3.97. The number of benzene rings is 1. The number of non-ortho nitro benzene ring substituents is 1. The van der Waals surface area contributed by atoms with E-state index in [2.05, 4.69) is 10.6 Å². The number of carboxylic acids is 1. The maximum atomic E-state index is 12.5. The molecule has 0 aliphatic heterocycles. The fourth-order valence-corrected chi connectivity index (χ4v) is 2.51. The number of nitro benzene ring substituents is 1. The van der Waals surface area contributed by atoms with E-state index in [1.165, 1.54) is 42.7 Å². The summed E-state index contributed by atoms with van der Waals surface area (Å²) in [6.45, 7) is 0.259. The van der Waals surface area contributed by atoms with Gasteiger partial charge < -0.3 is 25.0 Å². The first kappa shape index (κ1) is 22.3. The third-order valence-electron chi connectivity index (χ3n) is 3.97. The number of unbranched alkanes of at least 4 members (excludes halogenated alkanes) is 2. The number of carbonyl (C=O) groups excluding carboxylic acids is 3. The second-order valence-electron chi connectivity index (χ2n) is 6.28. The molecule has 1 heterocycles. The Kier molecular flexibility index (Phi) is 8.30. The molecule has 0 atom stereocenters. The summed E-state index contributed by atoms with van der Waals surface area (Å²) >= 11 is 0. The Morgan fingerprint density at radius 2 is 1.90 bits per heavy atom. The molecule has 0 aliphatic carbocycles. The second-order valence-corrected chi connectivity index (χ2v) is 6.28. The minimum absolute atomic E-state index is 0.00461. The van der Waals surface area contributed by atoms with Crippen molar-refractivity contribution in [2.24, 2.45) is 0 Å². The van der Waals surface area contributed by atoms with Crippen molar-refractivity contribution in [1.29, 1.82) is 0 Å². The van der Waals surface area contributed by atoms with E-state index in [1.807, 2.05) is 0 Å². The Labute approximate surface area is 171 Å². The lowest BCUT2D eigenvalue weighted by atomic mass is 10.1. The smallest absolute Gasteiger partial charge is 0.291 e. The number of nitro groups is 1. The average Bonchev–Trinajstić information content (AvgIpc) is 3.25. The average molecular weight is 414 g/mol. The largest absolute Gasteiger partial charge is 0.550 e. The van der Waals surface area contributed by atoms with E-state index in [9.17, 15) is 29.6 Å². The minimum Gasteiger partial charge on any atom is -0.550 e. The summed E-state index contributed by atoms with van der Waals surface area (Å²) in [7, 11) is 0. The van der Waals surface area contributed by atoms with Crippen molar-refractivity contribution >= 4 is 29.5 Å². The molecule has 158 valence electrons. The summed E-state index contributed by atoms with van der Waals surface area (Å²) in [6.07, 6.45) is 4.13. The highest BCUT2D eigenvalue weighted by Gasteiger charge is 2.16. The molecule has 10 nitrogen and oxygen atoms in total. The molecule has 0 bridgehead atoms. The normalized spacial score (nSPS) is 11.0. The SMILES string of the molecule is O=C([O-])CCCCCNC(=O)/C(=C/c1cccc([N+](=O)[O-])c1)NC(=O)c1ccco1. The molecule has 0 spiro atoms. The summed E-state index contributed by atoms with van der Waals surface area (Å²) in [5, 5.41) is 26.4. The predicted octanol–water partition coefficient (Wildman–Crippen LogP) is 1.39. The maximum absolute atomic E-state index is 12.5. The first-order valence-corrected chi connectivity index (χ1v) is 9.16. The predicted molar refractivity (Wildman–Crippen MR) is 104 cm³/mol. The Hall–Kier alpha value is -3.95. The van der Waals surface area contributed by atoms with Crippen LogP contribution in [0.15, 0.2) is 52.8 Å². The van der Waals surface area contributed by atoms with Crippen molar-refractivity contribution in [2.45, 2.75) is 25.7 Å². The van der Waals surface area contributed by atoms with E-state index in [0.29, 0.717) is 24.8 Å². The van der Waals surface area contributed by atoms with Crippen LogP contribution in [0.4, 0.5) is 5.69 Å². The van der Waals surface area contributed by atoms with Gasteiger partial charge in [0.15, 0.2) is 5.76 Å². The van der Waals surface area contributed by atoms with E-state index in [1.54, 1.807) is 6.07 Å². The molecule has 0 radical (unpaired) electrons. The highest BCUT2D eigenvalue weighted by Crippen LogP contribution is 2.15. The fourth-order valence-electron chi connectivity index (χ4n) is 2.51. The van der Waals surface area contributed by atoms with Crippen molar-refractivity contribution in [2.75, 3.05) is 6.54 Å². The van der Waals surface area contributed by atoms with Crippen LogP contribution in [-0.4, -0.2) is 29.3 Å². The molecular weight excluding hydrogens is 394 g/mol. The highest BCUT2D eigenvalue weighted by molar-refractivity contribution is 6.04. The second kappa shape index (κ2) is 11.1. The summed E-state index contributed by atoms with van der Waals surface area (Å²) in [5.41, 5.74) is 0.0727. The van der Waals surface area contributed by atoms with Gasteiger partial charge in [0.25, 0.3) is 17.5 Å². The zero-order valence-electron chi connectivity index (χ0n) is 16.0. The molecule has 30 heavy (non-hydrogen) atoms. The molecule has 10 heteroatoms. The van der Waals surface area contributed by atoms with Crippen LogP contribution in [0.2, 0.25) is 0 Å². The molecule has 2 aromatic rings. The standard InChI is InChI=1S/C20H21N3O7/c24-18(25)9-2-1-3-10-21-19(26)16(22-20(27)17-8-5-11-30-17)13-14-6-4-7-15(12-14)23(28)29/h4-8,11-13H,1-3,9-10H2,(H,21,26)(H,22,27)(H,24,25)/p-1/b16-13-. The van der Waals surface area contributed by atoms with Crippen molar-refractivity contribution in [1.82, 2.24) is 10.6 Å². The van der Waals surface area contributed by atoms with Gasteiger partial charge in [0.1, 0.15) is 5.70 Å². The molecular formula is C20H20N3O7-. The Morgan fingerprint density at radius 1 is 1.10 bits per heavy atom. The number of amides is 2. The molecule has 0 saturated heterocycles. The third kappa shape index (κ3) is 7.23. The van der Waals surface area contributed by atoms with Gasteiger partial charge in [0.05, 0.1) is 11.2 Å². The van der Waals surface area contributed by atoms with Crippen LogP contribution in [0.1, 0.15) is 41.8 Å². The van der Waals surface area contributed by atoms with Gasteiger partial charge in [-0.2, -0.15) is 0 Å². The van der Waals surface area contributed by atoms with Gasteiger partial charge in [-0.15, -0.1) is 0 Å². The minimum atomic E-state index is -1.12. The molecule has 0 fully saturated rings. The first-order chi connectivity index (χ1) is 14.4. The maximum Gasteiger partial charge on any atom is 0.291 e. The first-order valence-electron chi connectivity index (χ1n) is 9.16. The topological polar surface area (TPSA) is 155 Å². The van der Waals surface area contributed by atoms with E-state index in [0.717, 1.165) is 0 Å². The fraction of sp³-hybridized carbons (Fsp3) is 0.250. The number of carbonyl (C=O) groups is 3. The Bertz CT molecular complexity index is 936. The van der Waals surface area contributed by atoms with Gasteiger partial charge in [-0.3, -0.25) is 19.7 Å². The van der Waals surface area contributed by atoms with Crippen LogP contribution in [0.25, 0.3) is 6.08 Å². The van der Waals surface area contributed by atoms with Gasteiger partial charge in [0, 0.05) is 24.6 Å². The molecule has 1 aromatic carbocycles. The lowest BCUT2D eigenvalue weighted by molar-refractivity contribution is -0.384. The number of nitrogens with zero attached hydrogens (tertiary/aromatic N) is 1. The molecule has 1 aromatic heterocycles. The zero-order chi connectivity index (χ0) is 21.9. The number of rotatable bonds is 11. The van der Waals surface area contributed by atoms with Crippen LogP contribution >= 0.6 is 0 Å². The lowest BCUT2D eigenvalue weighted by Crippen LogP contribution is -2.35. The van der Waals surface area contributed by atoms with Crippen molar-refractivity contribution in [3.63, 3.8) is 0 Å². The lowest BCUT2D eigenvalue weighted by Gasteiger charge is -2.10. The van der Waals surface area contributed by atoms with Gasteiger partial charge in [0.2, 0.25) is 0 Å². The summed E-state index contributed by atoms with van der Waals surface area (Å²) in [4.78, 5) is 45.6. The van der Waals surface area contributed by atoms with E-state index < -0.39 is 22.7 Å². The highest BCUT2D eigenvalue weighted by atomic mass is 16.6. The molecule has 0 aliphatic rings. The zero-order valence-corrected chi connectivity index (χ0v) is 16.0. The molecule has 2 amide bonds. The van der Waals surface area contributed by atoms with Crippen molar-refractivity contribution in [3.8, 4) is 0 Å². The van der Waals surface area contributed by atoms with Crippen LogP contribution < -0.4 is 15.7 Å². The summed E-state index contributed by atoms with van der Waals surface area (Å²) < 4.78 is 5.01. The number of hydrogen-bond acceptors (Lipinski definition) is 7. The number of nitrogens with one attached hydrogen (secondary N) is 2. The summed E-state index contributed by atoms with van der Waals surface area (Å²) in [5.74, 6) is -2.38. The monoisotopic (exact) mass is 414 g/mol. The van der Waals surface area contributed by atoms with Gasteiger partial charge in [-0.25, -0.2) is 0 Å². The number of hydrogen-bond donors (Lipinski definition) is 2. The number of furan rings is 1. The van der Waals surface area contributed by atoms with E-state index in [4.69, 9.17) is 4.42 Å². The Morgan fingerprint density at radius 3 is 2.57 bits per heavy atom. The molecule has 0 saturated carbocycles. The van der Waals surface area contributed by atoms with Crippen LogP contribution in [0.3, 0.4) is 0 Å². The van der Waals surface area contributed by atoms with Gasteiger partial charge in [-0.05, 0) is 43.0 Å². The van der Waals surface area contributed by atoms with E-state index in [-0.39, 0.29) is 30.1 Å². The molecule has 0 unspecified atom stereocenters. The number of carboxylic acid groups (broad SMARTS) is 1. The van der Waals surface area contributed by atoms with Crippen LogP contribution in [-0.2, 0) is 9.59 Å². The summed E-state index contributed by atoms with van der Waals surface area (Å²) in [6, 6.07) is 8.54. The van der Waals surface area contributed by atoms with Crippen molar-refractivity contribution < 1.29 is 28.8 Å². The van der Waals surface area contributed by atoms with Crippen LogP contribution in [0.5, 0.6) is 0 Å². The van der Waals surface area contributed by atoms with Gasteiger partial charge in [-0.1, -0.05) is 18.6 Å². The van der Waals surface area contributed by atoms with Crippen LogP contribution in [0, 0.1) is 10.1 Å². The quantitative estimate of drug-likeness (QED) is 0.244. The number of aliphatic carboxylic acids is 1. The molecule has 2 rings (SSSR count). The molecule has 2 N–H and O–H groups in total. The van der Waals surface area contributed by atoms with Crippen molar-refractivity contribution in [3.05, 3.63) is 69.8 Å². The Balaban J connectivity index is 2.09. The van der Waals surface area contributed by atoms with Gasteiger partial charge >= 0.3 is 0 Å².